The highest BCUT2D eigenvalue weighted by Crippen LogP contribution is 2.28. The van der Waals surface area contributed by atoms with Gasteiger partial charge in [0.15, 0.2) is 0 Å². The number of ether oxygens (including phenoxy) is 1. The topological polar surface area (TPSA) is 50.4 Å². The molecule has 1 heterocycles. The van der Waals surface area contributed by atoms with E-state index in [9.17, 15) is 4.79 Å². The van der Waals surface area contributed by atoms with Gasteiger partial charge in [-0.15, -0.1) is 0 Å². The molecular formula is C17H26N2O2. The number of carbonyl (C=O) groups is 1. The minimum absolute atomic E-state index is 0.0462. The summed E-state index contributed by atoms with van der Waals surface area (Å²) in [4.78, 5) is 12.5. The summed E-state index contributed by atoms with van der Waals surface area (Å²) in [5, 5.41) is 6.51. The predicted octanol–water partition coefficient (Wildman–Crippen LogP) is 3.25. The first-order valence-corrected chi connectivity index (χ1v) is 7.84. The third kappa shape index (κ3) is 3.83. The monoisotopic (exact) mass is 290 g/mol. The first-order chi connectivity index (χ1) is 10.1. The molecule has 4 heteroatoms. The standard InChI is InChI=1S/C17H26N2O2/c1-4-11-18-13(2)14-8-5-6-9-15(14)19-16(20)17(3)10-7-12-21-17/h5-6,8-9,13,18H,4,7,10-12H2,1-3H3,(H,19,20). The van der Waals surface area contributed by atoms with Crippen LogP contribution in [-0.4, -0.2) is 24.7 Å². The van der Waals surface area contributed by atoms with Crippen molar-refractivity contribution in [2.24, 2.45) is 0 Å². The van der Waals surface area contributed by atoms with Crippen LogP contribution in [0.4, 0.5) is 5.69 Å². The van der Waals surface area contributed by atoms with Crippen LogP contribution in [0.2, 0.25) is 0 Å². The van der Waals surface area contributed by atoms with E-state index in [1.165, 1.54) is 0 Å². The van der Waals surface area contributed by atoms with Gasteiger partial charge in [-0.2, -0.15) is 0 Å². The van der Waals surface area contributed by atoms with Crippen LogP contribution in [0, 0.1) is 0 Å². The van der Waals surface area contributed by atoms with E-state index in [2.05, 4.69) is 30.5 Å². The van der Waals surface area contributed by atoms with Crippen LogP contribution in [0.25, 0.3) is 0 Å². The molecule has 1 aromatic rings. The average molecular weight is 290 g/mol. The Balaban J connectivity index is 2.11. The van der Waals surface area contributed by atoms with Crippen LogP contribution >= 0.6 is 0 Å². The number of anilines is 1. The number of nitrogens with one attached hydrogen (secondary N) is 2. The first-order valence-electron chi connectivity index (χ1n) is 7.84. The maximum atomic E-state index is 12.5. The van der Waals surface area contributed by atoms with E-state index in [0.29, 0.717) is 6.61 Å². The Bertz CT molecular complexity index is 481. The molecule has 0 aromatic heterocycles. The van der Waals surface area contributed by atoms with Crippen LogP contribution in [0.3, 0.4) is 0 Å². The van der Waals surface area contributed by atoms with Crippen LogP contribution in [-0.2, 0) is 9.53 Å². The van der Waals surface area contributed by atoms with Gasteiger partial charge >= 0.3 is 0 Å². The van der Waals surface area contributed by atoms with Gasteiger partial charge in [-0.25, -0.2) is 0 Å². The molecule has 1 saturated heterocycles. The Morgan fingerprint density at radius 2 is 2.19 bits per heavy atom. The SMILES string of the molecule is CCCNC(C)c1ccccc1NC(=O)C1(C)CCCO1. The van der Waals surface area contributed by atoms with Gasteiger partial charge in [-0.05, 0) is 51.3 Å². The summed E-state index contributed by atoms with van der Waals surface area (Å²) < 4.78 is 5.61. The fourth-order valence-electron chi connectivity index (χ4n) is 2.67. The number of para-hydroxylation sites is 1. The Labute approximate surface area is 127 Å². The maximum absolute atomic E-state index is 12.5. The predicted molar refractivity (Wildman–Crippen MR) is 85.4 cm³/mol. The zero-order valence-electron chi connectivity index (χ0n) is 13.2. The average Bonchev–Trinajstić information content (AvgIpc) is 2.93. The smallest absolute Gasteiger partial charge is 0.256 e. The fourth-order valence-corrected chi connectivity index (χ4v) is 2.67. The number of hydrogen-bond donors (Lipinski definition) is 2. The molecule has 2 rings (SSSR count). The molecule has 4 nitrogen and oxygen atoms in total. The molecule has 2 atom stereocenters. The second-order valence-electron chi connectivity index (χ2n) is 5.90. The molecule has 2 N–H and O–H groups in total. The lowest BCUT2D eigenvalue weighted by atomic mass is 10.0. The van der Waals surface area contributed by atoms with E-state index in [-0.39, 0.29) is 11.9 Å². The molecule has 116 valence electrons. The molecular weight excluding hydrogens is 264 g/mol. The molecule has 21 heavy (non-hydrogen) atoms. The van der Waals surface area contributed by atoms with E-state index in [4.69, 9.17) is 4.74 Å². The molecule has 1 aliphatic heterocycles. The van der Waals surface area contributed by atoms with Crippen LogP contribution in [0.15, 0.2) is 24.3 Å². The lowest BCUT2D eigenvalue weighted by Crippen LogP contribution is -2.39. The summed E-state index contributed by atoms with van der Waals surface area (Å²) in [7, 11) is 0. The third-order valence-corrected chi connectivity index (χ3v) is 4.08. The second-order valence-corrected chi connectivity index (χ2v) is 5.90. The maximum Gasteiger partial charge on any atom is 0.256 e. The van der Waals surface area contributed by atoms with Gasteiger partial charge in [0.25, 0.3) is 5.91 Å². The van der Waals surface area contributed by atoms with Crippen molar-refractivity contribution in [1.29, 1.82) is 0 Å². The van der Waals surface area contributed by atoms with E-state index >= 15 is 0 Å². The molecule has 0 aliphatic carbocycles. The van der Waals surface area contributed by atoms with Gasteiger partial charge in [0.05, 0.1) is 0 Å². The van der Waals surface area contributed by atoms with Gasteiger partial charge in [-0.3, -0.25) is 4.79 Å². The zero-order chi connectivity index (χ0) is 15.3. The van der Waals surface area contributed by atoms with Gasteiger partial charge < -0.3 is 15.4 Å². The Hall–Kier alpha value is -1.39. The van der Waals surface area contributed by atoms with Crippen molar-refractivity contribution >= 4 is 11.6 Å². The number of benzene rings is 1. The number of carbonyl (C=O) groups excluding carboxylic acids is 1. The molecule has 2 unspecified atom stereocenters. The lowest BCUT2D eigenvalue weighted by Gasteiger charge is -2.24. The minimum Gasteiger partial charge on any atom is -0.365 e. The van der Waals surface area contributed by atoms with E-state index in [1.54, 1.807) is 0 Å². The molecule has 0 saturated carbocycles. The van der Waals surface area contributed by atoms with Crippen LogP contribution in [0.5, 0.6) is 0 Å². The van der Waals surface area contributed by atoms with Crippen molar-refractivity contribution in [1.82, 2.24) is 5.32 Å². The summed E-state index contributed by atoms with van der Waals surface area (Å²) in [6.07, 6.45) is 2.81. The minimum atomic E-state index is -0.687. The molecule has 1 fully saturated rings. The number of amides is 1. The van der Waals surface area contributed by atoms with Crippen LogP contribution in [0.1, 0.15) is 51.6 Å². The highest BCUT2D eigenvalue weighted by molar-refractivity contribution is 5.97. The Morgan fingerprint density at radius 3 is 2.86 bits per heavy atom. The summed E-state index contributed by atoms with van der Waals surface area (Å²) >= 11 is 0. The molecule has 1 amide bonds. The van der Waals surface area contributed by atoms with Gasteiger partial charge in [0, 0.05) is 18.3 Å². The van der Waals surface area contributed by atoms with Crippen molar-refractivity contribution in [2.45, 2.75) is 51.7 Å². The van der Waals surface area contributed by atoms with Crippen molar-refractivity contribution in [3.63, 3.8) is 0 Å². The summed E-state index contributed by atoms with van der Waals surface area (Å²) in [5.74, 6) is -0.0462. The zero-order valence-corrected chi connectivity index (χ0v) is 13.2. The van der Waals surface area contributed by atoms with E-state index in [0.717, 1.165) is 37.1 Å². The largest absolute Gasteiger partial charge is 0.365 e. The summed E-state index contributed by atoms with van der Waals surface area (Å²) in [5.41, 5.74) is 1.30. The number of hydrogen-bond acceptors (Lipinski definition) is 3. The van der Waals surface area contributed by atoms with Gasteiger partial charge in [0.2, 0.25) is 0 Å². The normalized spacial score (nSPS) is 23.0. The van der Waals surface area contributed by atoms with Crippen molar-refractivity contribution < 1.29 is 9.53 Å². The Morgan fingerprint density at radius 1 is 1.43 bits per heavy atom. The Kier molecular flexibility index (Phi) is 5.37. The number of rotatable bonds is 6. The third-order valence-electron chi connectivity index (χ3n) is 4.08. The summed E-state index contributed by atoms with van der Waals surface area (Å²) in [6.45, 7) is 7.76. The molecule has 1 aliphatic rings. The van der Waals surface area contributed by atoms with Crippen molar-refractivity contribution in [3.8, 4) is 0 Å². The van der Waals surface area contributed by atoms with Gasteiger partial charge in [0.1, 0.15) is 5.60 Å². The van der Waals surface area contributed by atoms with Gasteiger partial charge in [-0.1, -0.05) is 25.1 Å². The second kappa shape index (κ2) is 7.05. The lowest BCUT2D eigenvalue weighted by molar-refractivity contribution is -0.133. The quantitative estimate of drug-likeness (QED) is 0.845. The summed E-state index contributed by atoms with van der Waals surface area (Å²) in [6, 6.07) is 8.17. The van der Waals surface area contributed by atoms with E-state index < -0.39 is 5.60 Å². The van der Waals surface area contributed by atoms with Crippen molar-refractivity contribution in [3.05, 3.63) is 29.8 Å². The highest BCUT2D eigenvalue weighted by Gasteiger charge is 2.37. The first kappa shape index (κ1) is 16.0. The molecule has 0 bridgehead atoms. The fraction of sp³-hybridized carbons (Fsp3) is 0.588. The molecule has 0 radical (unpaired) electrons. The highest BCUT2D eigenvalue weighted by atomic mass is 16.5. The van der Waals surface area contributed by atoms with Crippen molar-refractivity contribution in [2.75, 3.05) is 18.5 Å². The van der Waals surface area contributed by atoms with E-state index in [1.807, 2.05) is 25.1 Å². The molecule has 1 aromatic carbocycles. The molecule has 0 spiro atoms. The van der Waals surface area contributed by atoms with Crippen LogP contribution < -0.4 is 10.6 Å².